The minimum absolute atomic E-state index is 0.198. The van der Waals surface area contributed by atoms with E-state index >= 15 is 0 Å². The topological polar surface area (TPSA) is 50.7 Å². The van der Waals surface area contributed by atoms with Crippen molar-refractivity contribution in [2.75, 3.05) is 0 Å². The summed E-state index contributed by atoms with van der Waals surface area (Å²) in [5, 5.41) is 8.18. The SMILES string of the molecule is NC(=N/N=C/c1c(F)cccc1Cl)SCc1ccccc1. The molecule has 3 nitrogen and oxygen atoms in total. The Balaban J connectivity index is 1.95. The van der Waals surface area contributed by atoms with Crippen molar-refractivity contribution in [1.82, 2.24) is 0 Å². The second-order valence-electron chi connectivity index (χ2n) is 4.09. The van der Waals surface area contributed by atoms with Crippen molar-refractivity contribution in [2.45, 2.75) is 5.75 Å². The highest BCUT2D eigenvalue weighted by Crippen LogP contribution is 2.17. The highest BCUT2D eigenvalue weighted by Gasteiger charge is 2.03. The van der Waals surface area contributed by atoms with E-state index in [1.54, 1.807) is 6.07 Å². The summed E-state index contributed by atoms with van der Waals surface area (Å²) in [5.41, 5.74) is 7.07. The Bertz CT molecular complexity index is 639. The lowest BCUT2D eigenvalue weighted by Gasteiger charge is -2.00. The fourth-order valence-corrected chi connectivity index (χ4v) is 2.36. The Hall–Kier alpha value is -1.85. The van der Waals surface area contributed by atoms with Crippen LogP contribution in [0.4, 0.5) is 4.39 Å². The number of benzene rings is 2. The van der Waals surface area contributed by atoms with Crippen LogP contribution in [0.3, 0.4) is 0 Å². The van der Waals surface area contributed by atoms with E-state index < -0.39 is 5.82 Å². The molecular formula is C15H13ClFN3S. The van der Waals surface area contributed by atoms with Crippen LogP contribution in [-0.4, -0.2) is 11.4 Å². The van der Waals surface area contributed by atoms with Crippen LogP contribution < -0.4 is 5.73 Å². The second-order valence-corrected chi connectivity index (χ2v) is 5.50. The fraction of sp³-hybridized carbons (Fsp3) is 0.0667. The summed E-state index contributed by atoms with van der Waals surface area (Å²) < 4.78 is 13.5. The number of hydrogen-bond acceptors (Lipinski definition) is 3. The molecule has 0 unspecified atom stereocenters. The first-order chi connectivity index (χ1) is 10.2. The van der Waals surface area contributed by atoms with Gasteiger partial charge in [-0.15, -0.1) is 5.10 Å². The number of halogens is 2. The lowest BCUT2D eigenvalue weighted by Crippen LogP contribution is -2.06. The zero-order valence-electron chi connectivity index (χ0n) is 11.0. The summed E-state index contributed by atoms with van der Waals surface area (Å²) in [5.74, 6) is 0.253. The summed E-state index contributed by atoms with van der Waals surface area (Å²) >= 11 is 7.23. The van der Waals surface area contributed by atoms with Gasteiger partial charge in [-0.05, 0) is 17.7 Å². The predicted molar refractivity (Wildman–Crippen MR) is 88.4 cm³/mol. The molecule has 0 aliphatic heterocycles. The van der Waals surface area contributed by atoms with Crippen LogP contribution in [-0.2, 0) is 5.75 Å². The van der Waals surface area contributed by atoms with E-state index in [1.165, 1.54) is 30.1 Å². The average molecular weight is 322 g/mol. The monoisotopic (exact) mass is 321 g/mol. The van der Waals surface area contributed by atoms with Gasteiger partial charge in [-0.25, -0.2) is 4.39 Å². The molecule has 0 aliphatic rings. The van der Waals surface area contributed by atoms with E-state index in [-0.39, 0.29) is 10.6 Å². The largest absolute Gasteiger partial charge is 0.377 e. The first kappa shape index (κ1) is 15.5. The molecule has 108 valence electrons. The van der Waals surface area contributed by atoms with Crippen molar-refractivity contribution in [3.05, 3.63) is 70.5 Å². The van der Waals surface area contributed by atoms with E-state index in [2.05, 4.69) is 10.2 Å². The van der Waals surface area contributed by atoms with Crippen LogP contribution in [0.5, 0.6) is 0 Å². The van der Waals surface area contributed by atoms with Gasteiger partial charge in [0.2, 0.25) is 0 Å². The highest BCUT2D eigenvalue weighted by molar-refractivity contribution is 8.13. The maximum absolute atomic E-state index is 13.5. The summed E-state index contributed by atoms with van der Waals surface area (Å²) in [6.07, 6.45) is 1.26. The molecule has 0 amide bonds. The average Bonchev–Trinajstić information content (AvgIpc) is 2.49. The Morgan fingerprint density at radius 3 is 2.67 bits per heavy atom. The molecular weight excluding hydrogens is 309 g/mol. The molecule has 21 heavy (non-hydrogen) atoms. The minimum Gasteiger partial charge on any atom is -0.377 e. The van der Waals surface area contributed by atoms with E-state index in [0.717, 1.165) is 5.56 Å². The van der Waals surface area contributed by atoms with Gasteiger partial charge in [0.15, 0.2) is 5.17 Å². The van der Waals surface area contributed by atoms with Crippen molar-refractivity contribution < 1.29 is 4.39 Å². The molecule has 0 fully saturated rings. The zero-order valence-corrected chi connectivity index (χ0v) is 12.6. The van der Waals surface area contributed by atoms with Crippen LogP contribution in [0, 0.1) is 5.82 Å². The standard InChI is InChI=1S/C15H13ClFN3S/c16-13-7-4-8-14(17)12(13)9-19-20-15(18)21-10-11-5-2-1-3-6-11/h1-9H,10H2,(H2,18,20)/b19-9+. The third-order valence-corrected chi connectivity index (χ3v) is 3.76. The van der Waals surface area contributed by atoms with Crippen LogP contribution in [0.15, 0.2) is 58.7 Å². The molecule has 0 atom stereocenters. The number of rotatable bonds is 4. The molecule has 2 aromatic rings. The summed E-state index contributed by atoms with van der Waals surface area (Å²) in [6, 6.07) is 14.3. The van der Waals surface area contributed by atoms with Crippen molar-refractivity contribution in [2.24, 2.45) is 15.9 Å². The minimum atomic E-state index is -0.447. The Labute approximate surface area is 131 Å². The van der Waals surface area contributed by atoms with Crippen LogP contribution in [0.25, 0.3) is 0 Å². The van der Waals surface area contributed by atoms with Crippen molar-refractivity contribution in [3.63, 3.8) is 0 Å². The zero-order chi connectivity index (χ0) is 15.1. The molecule has 2 aromatic carbocycles. The molecule has 0 heterocycles. The van der Waals surface area contributed by atoms with Gasteiger partial charge in [-0.2, -0.15) is 5.10 Å². The maximum Gasteiger partial charge on any atom is 0.180 e. The lowest BCUT2D eigenvalue weighted by atomic mass is 10.2. The van der Waals surface area contributed by atoms with E-state index in [4.69, 9.17) is 17.3 Å². The maximum atomic E-state index is 13.5. The molecule has 0 aromatic heterocycles. The smallest absolute Gasteiger partial charge is 0.180 e. The van der Waals surface area contributed by atoms with E-state index in [1.807, 2.05) is 30.3 Å². The van der Waals surface area contributed by atoms with Crippen molar-refractivity contribution in [1.29, 1.82) is 0 Å². The number of hydrogen-bond donors (Lipinski definition) is 1. The summed E-state index contributed by atoms with van der Waals surface area (Å²) in [6.45, 7) is 0. The number of amidine groups is 1. The molecule has 0 saturated carbocycles. The van der Waals surface area contributed by atoms with Gasteiger partial charge in [0, 0.05) is 11.3 Å². The number of thioether (sulfide) groups is 1. The molecule has 2 rings (SSSR count). The molecule has 0 radical (unpaired) electrons. The van der Waals surface area contributed by atoms with Gasteiger partial charge < -0.3 is 5.73 Å². The van der Waals surface area contributed by atoms with Crippen LogP contribution in [0.2, 0.25) is 5.02 Å². The Morgan fingerprint density at radius 2 is 1.95 bits per heavy atom. The lowest BCUT2D eigenvalue weighted by molar-refractivity contribution is 0.626. The van der Waals surface area contributed by atoms with Gasteiger partial charge in [0.25, 0.3) is 0 Å². The van der Waals surface area contributed by atoms with Gasteiger partial charge in [-0.3, -0.25) is 0 Å². The molecule has 0 spiro atoms. The molecule has 0 saturated heterocycles. The third kappa shape index (κ3) is 4.88. The summed E-state index contributed by atoms with van der Waals surface area (Å²) in [4.78, 5) is 0. The van der Waals surface area contributed by atoms with Crippen molar-refractivity contribution in [3.8, 4) is 0 Å². The fourth-order valence-electron chi connectivity index (χ4n) is 1.54. The predicted octanol–water partition coefficient (Wildman–Crippen LogP) is 4.06. The molecule has 2 N–H and O–H groups in total. The Morgan fingerprint density at radius 1 is 1.19 bits per heavy atom. The van der Waals surface area contributed by atoms with Crippen LogP contribution in [0.1, 0.15) is 11.1 Å². The highest BCUT2D eigenvalue weighted by atomic mass is 35.5. The van der Waals surface area contributed by atoms with Crippen LogP contribution >= 0.6 is 23.4 Å². The van der Waals surface area contributed by atoms with Crippen molar-refractivity contribution >= 4 is 34.7 Å². The first-order valence-corrected chi connectivity index (χ1v) is 7.50. The van der Waals surface area contributed by atoms with E-state index in [9.17, 15) is 4.39 Å². The van der Waals surface area contributed by atoms with Gasteiger partial charge >= 0.3 is 0 Å². The van der Waals surface area contributed by atoms with E-state index in [0.29, 0.717) is 10.9 Å². The van der Waals surface area contributed by atoms with Gasteiger partial charge in [0.05, 0.1) is 11.2 Å². The molecule has 0 aliphatic carbocycles. The van der Waals surface area contributed by atoms with Gasteiger partial charge in [-0.1, -0.05) is 59.8 Å². The number of nitrogens with two attached hydrogens (primary N) is 1. The Kier molecular flexibility index (Phi) is 5.78. The normalized spacial score (nSPS) is 12.0. The second kappa shape index (κ2) is 7.81. The number of nitrogens with zero attached hydrogens (tertiary/aromatic N) is 2. The molecule has 6 heteroatoms. The quantitative estimate of drug-likeness (QED) is 0.524. The third-order valence-electron chi connectivity index (χ3n) is 2.57. The first-order valence-electron chi connectivity index (χ1n) is 6.14. The summed E-state index contributed by atoms with van der Waals surface area (Å²) in [7, 11) is 0. The molecule has 0 bridgehead atoms. The van der Waals surface area contributed by atoms with Gasteiger partial charge in [0.1, 0.15) is 5.82 Å².